The van der Waals surface area contributed by atoms with Crippen LogP contribution in [0.2, 0.25) is 0 Å². The Hall–Kier alpha value is -0.920. The minimum Gasteiger partial charge on any atom is -0.315 e. The van der Waals surface area contributed by atoms with E-state index in [4.69, 9.17) is 0 Å². The molecular weight excluding hydrogens is 276 g/mol. The van der Waals surface area contributed by atoms with Gasteiger partial charge in [0.2, 0.25) is 10.0 Å². The molecule has 2 rings (SSSR count). The molecule has 1 unspecified atom stereocenters. The number of rotatable bonds is 9. The molecule has 0 spiro atoms. The third kappa shape index (κ3) is 4.29. The van der Waals surface area contributed by atoms with E-state index in [1.165, 1.54) is 6.20 Å². The summed E-state index contributed by atoms with van der Waals surface area (Å²) < 4.78 is 28.8. The van der Waals surface area contributed by atoms with Crippen molar-refractivity contribution in [3.05, 3.63) is 12.4 Å². The van der Waals surface area contributed by atoms with E-state index < -0.39 is 10.0 Å². The Labute approximate surface area is 121 Å². The van der Waals surface area contributed by atoms with Gasteiger partial charge >= 0.3 is 0 Å². The predicted octanol–water partition coefficient (Wildman–Crippen LogP) is 0.960. The second kappa shape index (κ2) is 6.69. The predicted molar refractivity (Wildman–Crippen MR) is 77.9 cm³/mol. The second-order valence-electron chi connectivity index (χ2n) is 5.44. The quantitative estimate of drug-likeness (QED) is 0.666. The summed E-state index contributed by atoms with van der Waals surface area (Å²) in [6.45, 7) is 6.47. The van der Waals surface area contributed by atoms with Crippen molar-refractivity contribution >= 4 is 10.0 Å². The summed E-state index contributed by atoms with van der Waals surface area (Å²) in [6.07, 6.45) is 6.33. The average Bonchev–Trinajstić information content (AvgIpc) is 3.13. The molecule has 1 aromatic heterocycles. The molecule has 1 atom stereocenters. The van der Waals surface area contributed by atoms with Crippen molar-refractivity contribution in [2.24, 2.45) is 5.92 Å². The fraction of sp³-hybridized carbons (Fsp3) is 0.769. The zero-order chi connectivity index (χ0) is 14.6. The molecule has 0 amide bonds. The Morgan fingerprint density at radius 2 is 2.20 bits per heavy atom. The van der Waals surface area contributed by atoms with Gasteiger partial charge in [-0.2, -0.15) is 5.10 Å². The SMILES string of the molecule is CCCNCCn1cc(S(=O)(=O)NC(C)C2CC2)cn1. The average molecular weight is 300 g/mol. The maximum absolute atomic E-state index is 12.2. The van der Waals surface area contributed by atoms with Gasteiger partial charge in [-0.1, -0.05) is 6.92 Å². The molecule has 0 aliphatic heterocycles. The van der Waals surface area contributed by atoms with Crippen molar-refractivity contribution in [3.63, 3.8) is 0 Å². The summed E-state index contributed by atoms with van der Waals surface area (Å²) >= 11 is 0. The molecule has 7 heteroatoms. The van der Waals surface area contributed by atoms with Crippen LogP contribution < -0.4 is 10.0 Å². The van der Waals surface area contributed by atoms with E-state index in [0.29, 0.717) is 12.5 Å². The van der Waals surface area contributed by atoms with E-state index in [0.717, 1.165) is 32.4 Å². The summed E-state index contributed by atoms with van der Waals surface area (Å²) in [6, 6.07) is 0.00886. The van der Waals surface area contributed by atoms with Crippen molar-refractivity contribution in [2.75, 3.05) is 13.1 Å². The van der Waals surface area contributed by atoms with Gasteiger partial charge in [-0.15, -0.1) is 0 Å². The standard InChI is InChI=1S/C13H24N4O2S/c1-3-6-14-7-8-17-10-13(9-15-17)20(18,19)16-11(2)12-4-5-12/h9-12,14,16H,3-8H2,1-2H3. The van der Waals surface area contributed by atoms with Crippen LogP contribution in [0.3, 0.4) is 0 Å². The van der Waals surface area contributed by atoms with E-state index in [1.54, 1.807) is 10.9 Å². The molecule has 1 aliphatic rings. The van der Waals surface area contributed by atoms with Gasteiger partial charge in [0, 0.05) is 18.8 Å². The highest BCUT2D eigenvalue weighted by molar-refractivity contribution is 7.89. The van der Waals surface area contributed by atoms with Crippen LogP contribution in [-0.4, -0.2) is 37.3 Å². The lowest BCUT2D eigenvalue weighted by Gasteiger charge is -2.11. The number of aromatic nitrogens is 2. The van der Waals surface area contributed by atoms with E-state index in [1.807, 2.05) is 6.92 Å². The first-order valence-corrected chi connectivity index (χ1v) is 8.76. The van der Waals surface area contributed by atoms with Gasteiger partial charge in [-0.3, -0.25) is 4.68 Å². The van der Waals surface area contributed by atoms with Crippen molar-refractivity contribution < 1.29 is 8.42 Å². The van der Waals surface area contributed by atoms with Gasteiger partial charge in [0.05, 0.1) is 12.7 Å². The number of nitrogens with one attached hydrogen (secondary N) is 2. The highest BCUT2D eigenvalue weighted by Crippen LogP contribution is 2.32. The van der Waals surface area contributed by atoms with Crippen molar-refractivity contribution in [2.45, 2.75) is 50.6 Å². The van der Waals surface area contributed by atoms with Gasteiger partial charge in [-0.05, 0) is 38.6 Å². The van der Waals surface area contributed by atoms with Crippen molar-refractivity contribution in [1.82, 2.24) is 19.8 Å². The zero-order valence-electron chi connectivity index (χ0n) is 12.2. The molecule has 6 nitrogen and oxygen atoms in total. The molecule has 1 fully saturated rings. The molecule has 1 saturated carbocycles. The number of hydrogen-bond acceptors (Lipinski definition) is 4. The van der Waals surface area contributed by atoms with Crippen molar-refractivity contribution in [3.8, 4) is 0 Å². The van der Waals surface area contributed by atoms with Crippen LogP contribution >= 0.6 is 0 Å². The third-order valence-corrected chi connectivity index (χ3v) is 5.05. The van der Waals surface area contributed by atoms with E-state index in [-0.39, 0.29) is 10.9 Å². The van der Waals surface area contributed by atoms with Crippen LogP contribution in [0, 0.1) is 5.92 Å². The molecule has 0 radical (unpaired) electrons. The summed E-state index contributed by atoms with van der Waals surface area (Å²) in [7, 11) is -3.43. The molecular formula is C13H24N4O2S. The van der Waals surface area contributed by atoms with Crippen LogP contribution in [0.25, 0.3) is 0 Å². The summed E-state index contributed by atoms with van der Waals surface area (Å²) in [5.41, 5.74) is 0. The first-order valence-electron chi connectivity index (χ1n) is 7.28. The summed E-state index contributed by atoms with van der Waals surface area (Å²) in [5, 5.41) is 7.37. The molecule has 1 aliphatic carbocycles. The lowest BCUT2D eigenvalue weighted by molar-refractivity contribution is 0.536. The minimum absolute atomic E-state index is 0.00886. The smallest absolute Gasteiger partial charge is 0.243 e. The van der Waals surface area contributed by atoms with Gasteiger partial charge < -0.3 is 5.32 Å². The molecule has 1 aromatic rings. The van der Waals surface area contributed by atoms with E-state index in [9.17, 15) is 8.42 Å². The van der Waals surface area contributed by atoms with Crippen LogP contribution in [0.1, 0.15) is 33.1 Å². The van der Waals surface area contributed by atoms with Gasteiger partial charge in [-0.25, -0.2) is 13.1 Å². The van der Waals surface area contributed by atoms with Crippen molar-refractivity contribution in [1.29, 1.82) is 0 Å². The normalized spacial score (nSPS) is 17.3. The maximum Gasteiger partial charge on any atom is 0.243 e. The summed E-state index contributed by atoms with van der Waals surface area (Å²) in [5.74, 6) is 0.498. The van der Waals surface area contributed by atoms with E-state index >= 15 is 0 Å². The van der Waals surface area contributed by atoms with Crippen LogP contribution in [0.4, 0.5) is 0 Å². The second-order valence-corrected chi connectivity index (χ2v) is 7.15. The topological polar surface area (TPSA) is 76.0 Å². The third-order valence-electron chi connectivity index (χ3n) is 3.53. The zero-order valence-corrected chi connectivity index (χ0v) is 13.0. The van der Waals surface area contributed by atoms with Crippen LogP contribution in [0.5, 0.6) is 0 Å². The van der Waals surface area contributed by atoms with Gasteiger partial charge in [0.1, 0.15) is 4.90 Å². The Morgan fingerprint density at radius 3 is 2.85 bits per heavy atom. The highest BCUT2D eigenvalue weighted by Gasteiger charge is 2.31. The Morgan fingerprint density at radius 1 is 1.45 bits per heavy atom. The number of hydrogen-bond donors (Lipinski definition) is 2. The molecule has 20 heavy (non-hydrogen) atoms. The molecule has 0 aromatic carbocycles. The minimum atomic E-state index is -3.43. The molecule has 114 valence electrons. The molecule has 1 heterocycles. The molecule has 2 N–H and O–H groups in total. The monoisotopic (exact) mass is 300 g/mol. The Balaban J connectivity index is 1.89. The first-order chi connectivity index (χ1) is 9.53. The Bertz CT molecular complexity index is 522. The van der Waals surface area contributed by atoms with Crippen LogP contribution in [0.15, 0.2) is 17.3 Å². The lowest BCUT2D eigenvalue weighted by Crippen LogP contribution is -2.33. The summed E-state index contributed by atoms with van der Waals surface area (Å²) in [4.78, 5) is 0.250. The maximum atomic E-state index is 12.2. The van der Waals surface area contributed by atoms with E-state index in [2.05, 4.69) is 22.1 Å². The number of sulfonamides is 1. The van der Waals surface area contributed by atoms with Gasteiger partial charge in [0.15, 0.2) is 0 Å². The fourth-order valence-electron chi connectivity index (χ4n) is 2.11. The molecule has 0 bridgehead atoms. The fourth-order valence-corrected chi connectivity index (χ4v) is 3.37. The first kappa shape index (κ1) is 15.5. The largest absolute Gasteiger partial charge is 0.315 e. The Kier molecular flexibility index (Phi) is 5.17. The highest BCUT2D eigenvalue weighted by atomic mass is 32.2. The molecule has 0 saturated heterocycles. The van der Waals surface area contributed by atoms with Crippen LogP contribution in [-0.2, 0) is 16.6 Å². The number of nitrogens with zero attached hydrogens (tertiary/aromatic N) is 2. The van der Waals surface area contributed by atoms with Gasteiger partial charge in [0.25, 0.3) is 0 Å². The lowest BCUT2D eigenvalue weighted by atomic mass is 10.2.